The molecule has 104 valence electrons. The quantitative estimate of drug-likeness (QED) is 0.664. The molecule has 0 aromatic heterocycles. The number of hydrogen-bond donors (Lipinski definition) is 1. The van der Waals surface area contributed by atoms with Gasteiger partial charge in [0.2, 0.25) is 0 Å². The highest BCUT2D eigenvalue weighted by atomic mass is 16.6. The van der Waals surface area contributed by atoms with Gasteiger partial charge in [-0.25, -0.2) is 4.79 Å². The molecular formula is C17H19NO2. The summed E-state index contributed by atoms with van der Waals surface area (Å²) in [5.41, 5.74) is 8.21. The van der Waals surface area contributed by atoms with Crippen molar-refractivity contribution in [1.82, 2.24) is 0 Å². The Morgan fingerprint density at radius 2 is 1.65 bits per heavy atom. The van der Waals surface area contributed by atoms with Crippen molar-refractivity contribution in [2.24, 2.45) is 0 Å². The third-order valence-corrected chi connectivity index (χ3v) is 2.78. The van der Waals surface area contributed by atoms with Crippen molar-refractivity contribution in [3.05, 3.63) is 54.1 Å². The first-order valence-electron chi connectivity index (χ1n) is 6.56. The lowest BCUT2D eigenvalue weighted by Crippen LogP contribution is -2.24. The predicted octanol–water partition coefficient (Wildman–Crippen LogP) is 3.89. The maximum absolute atomic E-state index is 12.3. The lowest BCUT2D eigenvalue weighted by atomic mass is 9.97. The fourth-order valence-electron chi connectivity index (χ4n) is 2.00. The van der Waals surface area contributed by atoms with E-state index in [0.29, 0.717) is 11.3 Å². The third kappa shape index (κ3) is 3.18. The Kier molecular flexibility index (Phi) is 3.79. The highest BCUT2D eigenvalue weighted by molar-refractivity contribution is 6.00. The fourth-order valence-corrected chi connectivity index (χ4v) is 2.00. The lowest BCUT2D eigenvalue weighted by Gasteiger charge is -2.21. The van der Waals surface area contributed by atoms with Gasteiger partial charge in [0.1, 0.15) is 5.60 Å². The van der Waals surface area contributed by atoms with Crippen LogP contribution in [-0.4, -0.2) is 11.6 Å². The van der Waals surface area contributed by atoms with Crippen molar-refractivity contribution in [1.29, 1.82) is 0 Å². The lowest BCUT2D eigenvalue weighted by molar-refractivity contribution is 0.00705. The third-order valence-electron chi connectivity index (χ3n) is 2.78. The van der Waals surface area contributed by atoms with Gasteiger partial charge in [0.15, 0.2) is 0 Å². The Morgan fingerprint density at radius 1 is 1.00 bits per heavy atom. The molecule has 2 rings (SSSR count). The zero-order chi connectivity index (χ0) is 14.8. The second kappa shape index (κ2) is 5.37. The van der Waals surface area contributed by atoms with Crippen molar-refractivity contribution in [2.75, 3.05) is 5.73 Å². The average molecular weight is 269 g/mol. The molecular weight excluding hydrogens is 250 g/mol. The van der Waals surface area contributed by atoms with Gasteiger partial charge in [-0.3, -0.25) is 0 Å². The SMILES string of the molecule is CC(C)(C)OC(=O)c1cccc(N)c1-c1ccccc1. The van der Waals surface area contributed by atoms with Gasteiger partial charge in [-0.2, -0.15) is 0 Å². The second-order valence-corrected chi connectivity index (χ2v) is 5.64. The van der Waals surface area contributed by atoms with E-state index in [-0.39, 0.29) is 5.97 Å². The van der Waals surface area contributed by atoms with Gasteiger partial charge in [0.05, 0.1) is 5.56 Å². The van der Waals surface area contributed by atoms with Crippen molar-refractivity contribution in [3.63, 3.8) is 0 Å². The molecule has 0 spiro atoms. The van der Waals surface area contributed by atoms with Gasteiger partial charge < -0.3 is 10.5 Å². The predicted molar refractivity (Wildman–Crippen MR) is 81.5 cm³/mol. The topological polar surface area (TPSA) is 52.3 Å². The van der Waals surface area contributed by atoms with Crippen LogP contribution in [0.25, 0.3) is 11.1 Å². The standard InChI is InChI=1S/C17H19NO2/c1-17(2,3)20-16(19)13-10-7-11-14(18)15(13)12-8-5-4-6-9-12/h4-11H,18H2,1-3H3. The van der Waals surface area contributed by atoms with Crippen LogP contribution in [0.5, 0.6) is 0 Å². The van der Waals surface area contributed by atoms with Crippen LogP contribution in [0, 0.1) is 0 Å². The number of benzene rings is 2. The number of carbonyl (C=O) groups is 1. The first-order chi connectivity index (χ1) is 9.38. The van der Waals surface area contributed by atoms with E-state index in [2.05, 4.69) is 0 Å². The Hall–Kier alpha value is -2.29. The molecule has 0 atom stereocenters. The molecule has 0 radical (unpaired) electrons. The molecule has 0 amide bonds. The zero-order valence-corrected chi connectivity index (χ0v) is 12.0. The Labute approximate surface area is 119 Å². The zero-order valence-electron chi connectivity index (χ0n) is 12.0. The minimum atomic E-state index is -0.532. The van der Waals surface area contributed by atoms with E-state index in [0.717, 1.165) is 11.1 Å². The molecule has 0 saturated carbocycles. The van der Waals surface area contributed by atoms with Crippen LogP contribution in [0.1, 0.15) is 31.1 Å². The number of ether oxygens (including phenoxy) is 1. The van der Waals surface area contributed by atoms with Crippen LogP contribution in [0.15, 0.2) is 48.5 Å². The maximum atomic E-state index is 12.3. The van der Waals surface area contributed by atoms with Gasteiger partial charge in [0, 0.05) is 11.3 Å². The summed E-state index contributed by atoms with van der Waals surface area (Å²) in [6.45, 7) is 5.54. The van der Waals surface area contributed by atoms with Crippen molar-refractivity contribution in [2.45, 2.75) is 26.4 Å². The smallest absolute Gasteiger partial charge is 0.339 e. The van der Waals surface area contributed by atoms with Gasteiger partial charge in [0.25, 0.3) is 0 Å². The number of carbonyl (C=O) groups excluding carboxylic acids is 1. The van der Waals surface area contributed by atoms with Crippen LogP contribution >= 0.6 is 0 Å². The Morgan fingerprint density at radius 3 is 2.25 bits per heavy atom. The first-order valence-corrected chi connectivity index (χ1v) is 6.56. The molecule has 2 N–H and O–H groups in total. The van der Waals surface area contributed by atoms with E-state index in [1.165, 1.54) is 0 Å². The summed E-state index contributed by atoms with van der Waals surface area (Å²) < 4.78 is 5.45. The fraction of sp³-hybridized carbons (Fsp3) is 0.235. The summed E-state index contributed by atoms with van der Waals surface area (Å²) in [5.74, 6) is -0.358. The summed E-state index contributed by atoms with van der Waals surface area (Å²) in [4.78, 5) is 12.3. The number of esters is 1. The summed E-state index contributed by atoms with van der Waals surface area (Å²) in [5, 5.41) is 0. The number of rotatable bonds is 2. The minimum Gasteiger partial charge on any atom is -0.456 e. The molecule has 0 unspecified atom stereocenters. The summed E-state index contributed by atoms with van der Waals surface area (Å²) in [6, 6.07) is 14.9. The van der Waals surface area contributed by atoms with Gasteiger partial charge >= 0.3 is 5.97 Å². The molecule has 0 aliphatic carbocycles. The minimum absolute atomic E-state index is 0.358. The normalized spacial score (nSPS) is 11.2. The molecule has 0 saturated heterocycles. The van der Waals surface area contributed by atoms with E-state index in [1.807, 2.05) is 51.1 Å². The number of nitrogen functional groups attached to an aromatic ring is 1. The molecule has 0 bridgehead atoms. The van der Waals surface area contributed by atoms with Gasteiger partial charge in [-0.05, 0) is 38.5 Å². The number of anilines is 1. The Bertz CT molecular complexity index is 613. The average Bonchev–Trinajstić information content (AvgIpc) is 2.37. The number of nitrogens with two attached hydrogens (primary N) is 1. The molecule has 0 heterocycles. The van der Waals surface area contributed by atoms with Gasteiger partial charge in [-0.15, -0.1) is 0 Å². The molecule has 20 heavy (non-hydrogen) atoms. The number of hydrogen-bond acceptors (Lipinski definition) is 3. The van der Waals surface area contributed by atoms with Crippen LogP contribution in [0.2, 0.25) is 0 Å². The van der Waals surface area contributed by atoms with Crippen molar-refractivity contribution < 1.29 is 9.53 Å². The second-order valence-electron chi connectivity index (χ2n) is 5.64. The molecule has 3 heteroatoms. The van der Waals surface area contributed by atoms with Crippen molar-refractivity contribution >= 4 is 11.7 Å². The molecule has 3 nitrogen and oxygen atoms in total. The van der Waals surface area contributed by atoms with Crippen LogP contribution < -0.4 is 5.73 Å². The molecule has 2 aromatic rings. The van der Waals surface area contributed by atoms with E-state index >= 15 is 0 Å². The monoisotopic (exact) mass is 269 g/mol. The van der Waals surface area contributed by atoms with E-state index in [9.17, 15) is 4.79 Å². The highest BCUT2D eigenvalue weighted by Crippen LogP contribution is 2.30. The summed E-state index contributed by atoms with van der Waals surface area (Å²) >= 11 is 0. The summed E-state index contributed by atoms with van der Waals surface area (Å²) in [6.07, 6.45) is 0. The van der Waals surface area contributed by atoms with Crippen molar-refractivity contribution in [3.8, 4) is 11.1 Å². The molecule has 0 aliphatic rings. The van der Waals surface area contributed by atoms with E-state index in [4.69, 9.17) is 10.5 Å². The van der Waals surface area contributed by atoms with Crippen LogP contribution in [-0.2, 0) is 4.74 Å². The Balaban J connectivity index is 2.50. The summed E-state index contributed by atoms with van der Waals surface area (Å²) in [7, 11) is 0. The molecule has 0 aliphatic heterocycles. The van der Waals surface area contributed by atoms with E-state index in [1.54, 1.807) is 18.2 Å². The highest BCUT2D eigenvalue weighted by Gasteiger charge is 2.21. The molecule has 2 aromatic carbocycles. The first kappa shape index (κ1) is 14.1. The molecule has 0 fully saturated rings. The van der Waals surface area contributed by atoms with E-state index < -0.39 is 5.60 Å². The van der Waals surface area contributed by atoms with Gasteiger partial charge in [-0.1, -0.05) is 36.4 Å². The van der Waals surface area contributed by atoms with Crippen LogP contribution in [0.4, 0.5) is 5.69 Å². The largest absolute Gasteiger partial charge is 0.456 e. The van der Waals surface area contributed by atoms with Crippen LogP contribution in [0.3, 0.4) is 0 Å². The maximum Gasteiger partial charge on any atom is 0.339 e.